The number of carbonyl (C=O) groups excluding carboxylic acids is 1. The molecule has 0 aromatic heterocycles. The highest BCUT2D eigenvalue weighted by molar-refractivity contribution is 5.76. The Kier molecular flexibility index (Phi) is 11.6. The van der Waals surface area contributed by atoms with Crippen molar-refractivity contribution in [2.24, 2.45) is 0 Å². The molecular formula is C15H30NO. The van der Waals surface area contributed by atoms with Gasteiger partial charge in [0.2, 0.25) is 5.91 Å². The van der Waals surface area contributed by atoms with Crippen LogP contribution in [0.15, 0.2) is 0 Å². The first-order valence-electron chi connectivity index (χ1n) is 7.29. The highest BCUT2D eigenvalue weighted by atomic mass is 16.1. The Morgan fingerprint density at radius 2 is 1.47 bits per heavy atom. The van der Waals surface area contributed by atoms with Crippen molar-refractivity contribution in [3.63, 3.8) is 0 Å². The molecule has 101 valence electrons. The molecule has 1 radical (unpaired) electrons. The average molecular weight is 240 g/mol. The molecule has 0 saturated carbocycles. The first-order valence-corrected chi connectivity index (χ1v) is 7.29. The van der Waals surface area contributed by atoms with Crippen LogP contribution < -0.4 is 5.32 Å². The molecule has 0 aliphatic heterocycles. The summed E-state index contributed by atoms with van der Waals surface area (Å²) in [5.41, 5.74) is 0. The van der Waals surface area contributed by atoms with Crippen LogP contribution in [0, 0.1) is 6.92 Å². The van der Waals surface area contributed by atoms with E-state index in [0.29, 0.717) is 6.42 Å². The minimum Gasteiger partial charge on any atom is -0.354 e. The summed E-state index contributed by atoms with van der Waals surface area (Å²) >= 11 is 0. The molecule has 0 heterocycles. The smallest absolute Gasteiger partial charge is 0.220 e. The zero-order chi connectivity index (χ0) is 12.9. The first-order chi connectivity index (χ1) is 8.16. The van der Waals surface area contributed by atoms with Gasteiger partial charge in [-0.25, -0.2) is 0 Å². The second-order valence-electron chi connectivity index (χ2n) is 5.05. The van der Waals surface area contributed by atoms with Gasteiger partial charge in [-0.05, 0) is 20.3 Å². The van der Waals surface area contributed by atoms with E-state index in [0.717, 1.165) is 6.42 Å². The molecule has 0 fully saturated rings. The predicted molar refractivity (Wildman–Crippen MR) is 74.8 cm³/mol. The molecule has 1 N–H and O–H groups in total. The number of hydrogen-bond donors (Lipinski definition) is 1. The Hall–Kier alpha value is -0.530. The van der Waals surface area contributed by atoms with Crippen molar-refractivity contribution in [2.75, 3.05) is 0 Å². The first kappa shape index (κ1) is 16.5. The summed E-state index contributed by atoms with van der Waals surface area (Å²) in [7, 11) is 0. The molecule has 0 aliphatic rings. The van der Waals surface area contributed by atoms with Crippen molar-refractivity contribution >= 4 is 5.91 Å². The fourth-order valence-corrected chi connectivity index (χ4v) is 1.94. The summed E-state index contributed by atoms with van der Waals surface area (Å²) in [6.45, 7) is 7.88. The maximum absolute atomic E-state index is 11.3. The van der Waals surface area contributed by atoms with Crippen molar-refractivity contribution in [1.82, 2.24) is 5.32 Å². The molecule has 17 heavy (non-hydrogen) atoms. The molecule has 1 unspecified atom stereocenters. The summed E-state index contributed by atoms with van der Waals surface area (Å²) in [6, 6.07) is 0.0288. The van der Waals surface area contributed by atoms with Crippen LogP contribution in [0.5, 0.6) is 0 Å². The molecule has 0 aromatic carbocycles. The minimum atomic E-state index is 0.0288. The van der Waals surface area contributed by atoms with Gasteiger partial charge in [0.1, 0.15) is 0 Å². The molecular weight excluding hydrogens is 210 g/mol. The summed E-state index contributed by atoms with van der Waals surface area (Å²) in [5, 5.41) is 2.82. The molecule has 0 aromatic rings. The highest BCUT2D eigenvalue weighted by Crippen LogP contribution is 2.10. The summed E-state index contributed by atoms with van der Waals surface area (Å²) in [6.07, 6.45) is 12.3. The van der Waals surface area contributed by atoms with Crippen molar-refractivity contribution in [1.29, 1.82) is 0 Å². The predicted octanol–water partition coefficient (Wildman–Crippen LogP) is 4.25. The lowest BCUT2D eigenvalue weighted by Crippen LogP contribution is -2.29. The largest absolute Gasteiger partial charge is 0.354 e. The molecule has 0 saturated heterocycles. The fourth-order valence-electron chi connectivity index (χ4n) is 1.94. The number of rotatable bonds is 11. The average Bonchev–Trinajstić information content (AvgIpc) is 2.26. The van der Waals surface area contributed by atoms with Crippen molar-refractivity contribution in [3.05, 3.63) is 6.92 Å². The SMILES string of the molecule is [CH2]C(C)NC(=O)CCCCCCCCCCC. The number of nitrogens with one attached hydrogen (secondary N) is 1. The van der Waals surface area contributed by atoms with E-state index < -0.39 is 0 Å². The molecule has 2 heteroatoms. The zero-order valence-electron chi connectivity index (χ0n) is 11.8. The van der Waals surface area contributed by atoms with Gasteiger partial charge in [0.25, 0.3) is 0 Å². The van der Waals surface area contributed by atoms with E-state index in [9.17, 15) is 4.79 Å². The normalized spacial score (nSPS) is 10.8. The Morgan fingerprint density at radius 3 is 1.94 bits per heavy atom. The Balaban J connectivity index is 3.10. The van der Waals surface area contributed by atoms with Crippen molar-refractivity contribution in [3.8, 4) is 0 Å². The lowest BCUT2D eigenvalue weighted by molar-refractivity contribution is -0.121. The van der Waals surface area contributed by atoms with Gasteiger partial charge in [-0.3, -0.25) is 4.79 Å². The third-order valence-electron chi connectivity index (χ3n) is 2.91. The Morgan fingerprint density at radius 1 is 1.00 bits per heavy atom. The van der Waals surface area contributed by atoms with E-state index in [2.05, 4.69) is 19.2 Å². The molecule has 0 spiro atoms. The zero-order valence-corrected chi connectivity index (χ0v) is 11.8. The van der Waals surface area contributed by atoms with E-state index in [1.807, 2.05) is 6.92 Å². The maximum Gasteiger partial charge on any atom is 0.220 e. The standard InChI is InChI=1S/C15H30NO/c1-4-5-6-7-8-9-10-11-12-13-15(17)16-14(2)3/h14H,2,4-13H2,1,3H3,(H,16,17). The van der Waals surface area contributed by atoms with Gasteiger partial charge in [0.15, 0.2) is 0 Å². The third-order valence-corrected chi connectivity index (χ3v) is 2.91. The van der Waals surface area contributed by atoms with Gasteiger partial charge in [-0.15, -0.1) is 0 Å². The van der Waals surface area contributed by atoms with Crippen LogP contribution in [0.25, 0.3) is 0 Å². The van der Waals surface area contributed by atoms with Crippen LogP contribution in [-0.2, 0) is 4.79 Å². The van der Waals surface area contributed by atoms with Gasteiger partial charge >= 0.3 is 0 Å². The monoisotopic (exact) mass is 240 g/mol. The van der Waals surface area contributed by atoms with Gasteiger partial charge in [-0.2, -0.15) is 0 Å². The molecule has 2 nitrogen and oxygen atoms in total. The summed E-state index contributed by atoms with van der Waals surface area (Å²) < 4.78 is 0. The van der Waals surface area contributed by atoms with Crippen molar-refractivity contribution < 1.29 is 4.79 Å². The lowest BCUT2D eigenvalue weighted by Gasteiger charge is -2.07. The second kappa shape index (κ2) is 11.9. The van der Waals surface area contributed by atoms with Crippen molar-refractivity contribution in [2.45, 2.75) is 84.1 Å². The third kappa shape index (κ3) is 13.4. The number of hydrogen-bond acceptors (Lipinski definition) is 1. The second-order valence-corrected chi connectivity index (χ2v) is 5.05. The topological polar surface area (TPSA) is 29.1 Å². The van der Waals surface area contributed by atoms with Crippen LogP contribution in [-0.4, -0.2) is 11.9 Å². The molecule has 0 aliphatic carbocycles. The quantitative estimate of drug-likeness (QED) is 0.538. The lowest BCUT2D eigenvalue weighted by atomic mass is 10.1. The van der Waals surface area contributed by atoms with Crippen LogP contribution in [0.2, 0.25) is 0 Å². The van der Waals surface area contributed by atoms with Gasteiger partial charge in [0, 0.05) is 12.5 Å². The van der Waals surface area contributed by atoms with Gasteiger partial charge in [0.05, 0.1) is 0 Å². The van der Waals surface area contributed by atoms with Crippen LogP contribution in [0.3, 0.4) is 0 Å². The minimum absolute atomic E-state index is 0.0288. The Labute approximate surface area is 108 Å². The Bertz CT molecular complexity index is 178. The molecule has 0 bridgehead atoms. The van der Waals surface area contributed by atoms with E-state index in [-0.39, 0.29) is 11.9 Å². The summed E-state index contributed by atoms with van der Waals surface area (Å²) in [4.78, 5) is 11.3. The van der Waals surface area contributed by atoms with E-state index in [1.54, 1.807) is 0 Å². The van der Waals surface area contributed by atoms with Crippen LogP contribution in [0.1, 0.15) is 78.1 Å². The number of carbonyl (C=O) groups is 1. The molecule has 1 amide bonds. The number of amides is 1. The fraction of sp³-hybridized carbons (Fsp3) is 0.867. The van der Waals surface area contributed by atoms with Crippen LogP contribution in [0.4, 0.5) is 0 Å². The van der Waals surface area contributed by atoms with E-state index in [4.69, 9.17) is 0 Å². The maximum atomic E-state index is 11.3. The van der Waals surface area contributed by atoms with E-state index in [1.165, 1.54) is 51.4 Å². The molecule has 1 atom stereocenters. The number of unbranched alkanes of at least 4 members (excludes halogenated alkanes) is 8. The summed E-state index contributed by atoms with van der Waals surface area (Å²) in [5.74, 6) is 0.149. The van der Waals surface area contributed by atoms with Gasteiger partial charge in [-0.1, -0.05) is 58.3 Å². The van der Waals surface area contributed by atoms with E-state index >= 15 is 0 Å². The van der Waals surface area contributed by atoms with Gasteiger partial charge < -0.3 is 5.32 Å². The molecule has 0 rings (SSSR count). The highest BCUT2D eigenvalue weighted by Gasteiger charge is 2.02. The van der Waals surface area contributed by atoms with Crippen LogP contribution >= 0.6 is 0 Å².